The number of H-pyrrole nitrogens is 1. The number of aromatic nitrogens is 1. The summed E-state index contributed by atoms with van der Waals surface area (Å²) in [4.78, 5) is 19.8. The molecule has 2 heterocycles. The molecule has 6 N–H and O–H groups in total. The van der Waals surface area contributed by atoms with Gasteiger partial charge in [0.05, 0.1) is 0 Å². The van der Waals surface area contributed by atoms with Crippen molar-refractivity contribution in [3.8, 4) is 10.8 Å². The normalized spacial score (nSPS) is 11.7. The Kier molecular flexibility index (Phi) is 4.50. The summed E-state index contributed by atoms with van der Waals surface area (Å²) in [6.45, 7) is 0.491. The zero-order chi connectivity index (χ0) is 17.1. The van der Waals surface area contributed by atoms with Crippen LogP contribution in [0.5, 0.6) is 10.8 Å². The van der Waals surface area contributed by atoms with Crippen molar-refractivity contribution in [1.29, 1.82) is 0 Å². The Bertz CT molecular complexity index is 912. The SMILES string of the molecule is CNC(N)=NC(=O)c1cc2ccc(Oc3ccc(CN)s3)cc2[nH]1. The number of guanidine groups is 1. The van der Waals surface area contributed by atoms with Gasteiger partial charge >= 0.3 is 0 Å². The van der Waals surface area contributed by atoms with Crippen molar-refractivity contribution in [2.75, 3.05) is 7.05 Å². The molecule has 3 rings (SSSR count). The Morgan fingerprint density at radius 1 is 1.33 bits per heavy atom. The zero-order valence-corrected chi connectivity index (χ0v) is 13.8. The predicted molar refractivity (Wildman–Crippen MR) is 95.6 cm³/mol. The second-order valence-electron chi connectivity index (χ2n) is 5.01. The lowest BCUT2D eigenvalue weighted by atomic mass is 10.2. The number of hydrogen-bond acceptors (Lipinski definition) is 4. The highest BCUT2D eigenvalue weighted by molar-refractivity contribution is 7.13. The average Bonchev–Trinajstić information content (AvgIpc) is 3.20. The molecule has 2 aromatic heterocycles. The molecule has 0 radical (unpaired) electrons. The lowest BCUT2D eigenvalue weighted by molar-refractivity contribution is 0.0998. The standard InChI is InChI=1S/C16H17N5O2S/c1-19-16(18)21-15(22)13-6-9-2-3-10(7-12(9)20-13)23-14-5-4-11(8-17)24-14/h2-7,20H,8,17H2,1H3,(H3,18,19,21,22). The third-order valence-corrected chi connectivity index (χ3v) is 4.34. The molecule has 1 amide bonds. The van der Waals surface area contributed by atoms with Crippen molar-refractivity contribution in [3.05, 3.63) is 47.0 Å². The Balaban J connectivity index is 1.84. The van der Waals surface area contributed by atoms with E-state index in [0.29, 0.717) is 18.0 Å². The van der Waals surface area contributed by atoms with Crippen LogP contribution in [0, 0.1) is 0 Å². The van der Waals surface area contributed by atoms with Gasteiger partial charge in [-0.1, -0.05) is 0 Å². The highest BCUT2D eigenvalue weighted by Gasteiger charge is 2.10. The van der Waals surface area contributed by atoms with Gasteiger partial charge in [-0.15, -0.1) is 11.3 Å². The maximum Gasteiger partial charge on any atom is 0.296 e. The molecule has 8 heteroatoms. The fourth-order valence-corrected chi connectivity index (χ4v) is 2.90. The van der Waals surface area contributed by atoms with Crippen LogP contribution in [-0.2, 0) is 6.54 Å². The number of rotatable bonds is 4. The van der Waals surface area contributed by atoms with Crippen LogP contribution in [0.25, 0.3) is 10.9 Å². The number of benzene rings is 1. The Labute approximate surface area is 142 Å². The van der Waals surface area contributed by atoms with Gasteiger partial charge in [0.2, 0.25) is 0 Å². The second kappa shape index (κ2) is 6.73. The molecule has 3 aromatic rings. The number of nitrogens with zero attached hydrogens (tertiary/aromatic N) is 1. The number of fused-ring (bicyclic) bond motifs is 1. The third kappa shape index (κ3) is 3.39. The third-order valence-electron chi connectivity index (χ3n) is 3.36. The summed E-state index contributed by atoms with van der Waals surface area (Å²) in [5.41, 5.74) is 12.3. The van der Waals surface area contributed by atoms with E-state index in [1.54, 1.807) is 13.1 Å². The Morgan fingerprint density at radius 3 is 2.88 bits per heavy atom. The summed E-state index contributed by atoms with van der Waals surface area (Å²) >= 11 is 1.50. The minimum atomic E-state index is -0.439. The van der Waals surface area contributed by atoms with Crippen molar-refractivity contribution in [2.45, 2.75) is 6.54 Å². The monoisotopic (exact) mass is 343 g/mol. The van der Waals surface area contributed by atoms with E-state index < -0.39 is 5.91 Å². The first-order valence-corrected chi connectivity index (χ1v) is 8.06. The van der Waals surface area contributed by atoms with Crippen LogP contribution >= 0.6 is 11.3 Å². The molecule has 0 bridgehead atoms. The predicted octanol–water partition coefficient (Wildman–Crippen LogP) is 2.15. The minimum absolute atomic E-state index is 0.0658. The summed E-state index contributed by atoms with van der Waals surface area (Å²) in [6.07, 6.45) is 0. The molecule has 0 spiro atoms. The Morgan fingerprint density at radius 2 is 2.17 bits per heavy atom. The van der Waals surface area contributed by atoms with E-state index >= 15 is 0 Å². The number of carbonyl (C=O) groups excluding carboxylic acids is 1. The Hall–Kier alpha value is -2.84. The molecule has 0 unspecified atom stereocenters. The number of aliphatic imine (C=N–C) groups is 1. The number of nitrogens with one attached hydrogen (secondary N) is 2. The van der Waals surface area contributed by atoms with Gasteiger partial charge in [-0.25, -0.2) is 0 Å². The summed E-state index contributed by atoms with van der Waals surface area (Å²) in [7, 11) is 1.60. The van der Waals surface area contributed by atoms with Crippen LogP contribution in [0.3, 0.4) is 0 Å². The van der Waals surface area contributed by atoms with Crippen molar-refractivity contribution in [1.82, 2.24) is 10.3 Å². The minimum Gasteiger partial charge on any atom is -0.447 e. The molecule has 1 aromatic carbocycles. The summed E-state index contributed by atoms with van der Waals surface area (Å²) in [6, 6.07) is 11.1. The smallest absolute Gasteiger partial charge is 0.296 e. The highest BCUT2D eigenvalue weighted by Crippen LogP contribution is 2.31. The lowest BCUT2D eigenvalue weighted by Crippen LogP contribution is -2.28. The number of thiophene rings is 1. The molecule has 0 aliphatic carbocycles. The first-order valence-electron chi connectivity index (χ1n) is 7.24. The van der Waals surface area contributed by atoms with Gasteiger partial charge in [0.25, 0.3) is 5.91 Å². The number of hydrogen-bond donors (Lipinski definition) is 4. The van der Waals surface area contributed by atoms with Crippen molar-refractivity contribution < 1.29 is 9.53 Å². The van der Waals surface area contributed by atoms with Crippen molar-refractivity contribution in [2.24, 2.45) is 16.5 Å². The summed E-state index contributed by atoms with van der Waals surface area (Å²) in [5.74, 6) is 0.300. The van der Waals surface area contributed by atoms with Crippen LogP contribution in [0.2, 0.25) is 0 Å². The van der Waals surface area contributed by atoms with Crippen LogP contribution in [0.4, 0.5) is 0 Å². The fourth-order valence-electron chi connectivity index (χ4n) is 2.15. The molecule has 7 nitrogen and oxygen atoms in total. The first kappa shape index (κ1) is 16.0. The van der Waals surface area contributed by atoms with Gasteiger partial charge in [0, 0.05) is 35.4 Å². The zero-order valence-electron chi connectivity index (χ0n) is 13.0. The quantitative estimate of drug-likeness (QED) is 0.427. The maximum atomic E-state index is 12.0. The van der Waals surface area contributed by atoms with E-state index in [0.717, 1.165) is 20.8 Å². The molecule has 0 atom stereocenters. The van der Waals surface area contributed by atoms with Crippen LogP contribution in [0.1, 0.15) is 15.4 Å². The molecule has 0 aliphatic heterocycles. The van der Waals surface area contributed by atoms with Gasteiger partial charge in [0.1, 0.15) is 11.4 Å². The molecule has 24 heavy (non-hydrogen) atoms. The van der Waals surface area contributed by atoms with Gasteiger partial charge in [-0.05, 0) is 30.3 Å². The van der Waals surface area contributed by atoms with Crippen LogP contribution in [0.15, 0.2) is 41.4 Å². The molecule has 0 saturated heterocycles. The van der Waals surface area contributed by atoms with Crippen LogP contribution in [-0.4, -0.2) is 23.9 Å². The number of ether oxygens (including phenoxy) is 1. The van der Waals surface area contributed by atoms with E-state index in [1.807, 2.05) is 30.3 Å². The van der Waals surface area contributed by atoms with E-state index in [2.05, 4.69) is 15.3 Å². The summed E-state index contributed by atoms with van der Waals surface area (Å²) < 4.78 is 5.82. The highest BCUT2D eigenvalue weighted by atomic mass is 32.1. The fraction of sp³-hybridized carbons (Fsp3) is 0.125. The van der Waals surface area contributed by atoms with E-state index in [9.17, 15) is 4.79 Å². The van der Waals surface area contributed by atoms with Crippen LogP contribution < -0.4 is 21.5 Å². The van der Waals surface area contributed by atoms with E-state index in [1.165, 1.54) is 11.3 Å². The van der Waals surface area contributed by atoms with E-state index in [-0.39, 0.29) is 5.96 Å². The van der Waals surface area contributed by atoms with Gasteiger partial charge in [-0.3, -0.25) is 4.79 Å². The number of amides is 1. The van der Waals surface area contributed by atoms with Gasteiger partial charge < -0.3 is 26.5 Å². The second-order valence-corrected chi connectivity index (χ2v) is 6.14. The van der Waals surface area contributed by atoms with Gasteiger partial charge in [-0.2, -0.15) is 4.99 Å². The van der Waals surface area contributed by atoms with E-state index in [4.69, 9.17) is 16.2 Å². The number of carbonyl (C=O) groups is 1. The molecule has 0 aliphatic rings. The molecule has 0 saturated carbocycles. The molecular weight excluding hydrogens is 326 g/mol. The van der Waals surface area contributed by atoms with Crippen molar-refractivity contribution in [3.63, 3.8) is 0 Å². The number of nitrogens with two attached hydrogens (primary N) is 2. The maximum absolute atomic E-state index is 12.0. The molecular formula is C16H17N5O2S. The molecule has 0 fully saturated rings. The van der Waals surface area contributed by atoms with Gasteiger partial charge in [0.15, 0.2) is 11.0 Å². The summed E-state index contributed by atoms with van der Waals surface area (Å²) in [5, 5.41) is 4.26. The number of aromatic amines is 1. The first-order chi connectivity index (χ1) is 11.6. The van der Waals surface area contributed by atoms with Crippen molar-refractivity contribution >= 4 is 34.1 Å². The topological polar surface area (TPSA) is 119 Å². The lowest BCUT2D eigenvalue weighted by Gasteiger charge is -2.02. The molecule has 124 valence electrons. The largest absolute Gasteiger partial charge is 0.447 e. The average molecular weight is 343 g/mol.